The first-order chi connectivity index (χ1) is 8.60. The van der Waals surface area contributed by atoms with Crippen LogP contribution < -0.4 is 5.32 Å². The van der Waals surface area contributed by atoms with Gasteiger partial charge >= 0.3 is 0 Å². The van der Waals surface area contributed by atoms with Crippen molar-refractivity contribution in [1.82, 2.24) is 10.2 Å². The Balaban J connectivity index is 2.11. The van der Waals surface area contributed by atoms with Crippen LogP contribution in [0.5, 0.6) is 0 Å². The summed E-state index contributed by atoms with van der Waals surface area (Å²) in [6.07, 6.45) is 0. The fourth-order valence-corrected chi connectivity index (χ4v) is 2.28. The molecule has 3 nitrogen and oxygen atoms in total. The molecule has 2 rings (SSSR count). The molecular formula is C14H18FN3. The molecule has 0 saturated carbocycles. The number of halogens is 1. The molecule has 1 aliphatic heterocycles. The van der Waals surface area contributed by atoms with Crippen molar-refractivity contribution in [3.8, 4) is 6.07 Å². The van der Waals surface area contributed by atoms with E-state index in [0.717, 1.165) is 13.1 Å². The maximum atomic E-state index is 13.8. The molecule has 1 heterocycles. The van der Waals surface area contributed by atoms with Gasteiger partial charge in [0, 0.05) is 37.3 Å². The summed E-state index contributed by atoms with van der Waals surface area (Å²) in [5.74, 6) is -0.285. The standard InChI is InChI=1S/C14H18FN3/c1-10-8-18(11(2)7-17-10)9-13-4-3-12(6-16)5-14(13)15/h3-5,10-11,17H,7-9H2,1-2H3. The minimum Gasteiger partial charge on any atom is -0.311 e. The Morgan fingerprint density at radius 2 is 2.28 bits per heavy atom. The second-order valence-corrected chi connectivity index (χ2v) is 5.01. The zero-order valence-electron chi connectivity index (χ0n) is 10.8. The lowest BCUT2D eigenvalue weighted by molar-refractivity contribution is 0.137. The van der Waals surface area contributed by atoms with Crippen LogP contribution in [0, 0.1) is 17.1 Å². The monoisotopic (exact) mass is 247 g/mol. The van der Waals surface area contributed by atoms with Crippen molar-refractivity contribution in [2.45, 2.75) is 32.5 Å². The van der Waals surface area contributed by atoms with Crippen LogP contribution >= 0.6 is 0 Å². The molecule has 0 spiro atoms. The lowest BCUT2D eigenvalue weighted by atomic mass is 10.1. The quantitative estimate of drug-likeness (QED) is 0.867. The number of nitrogens with one attached hydrogen (secondary N) is 1. The van der Waals surface area contributed by atoms with E-state index in [9.17, 15) is 4.39 Å². The summed E-state index contributed by atoms with van der Waals surface area (Å²) >= 11 is 0. The van der Waals surface area contributed by atoms with Gasteiger partial charge < -0.3 is 5.32 Å². The van der Waals surface area contributed by atoms with Gasteiger partial charge in [-0.05, 0) is 26.0 Å². The Kier molecular flexibility index (Phi) is 3.95. The summed E-state index contributed by atoms with van der Waals surface area (Å²) in [6.45, 7) is 6.72. The van der Waals surface area contributed by atoms with Gasteiger partial charge in [0.15, 0.2) is 0 Å². The van der Waals surface area contributed by atoms with Gasteiger partial charge in [0.05, 0.1) is 11.6 Å². The fourth-order valence-electron chi connectivity index (χ4n) is 2.28. The summed E-state index contributed by atoms with van der Waals surface area (Å²) in [6, 6.07) is 7.49. The molecule has 0 aliphatic carbocycles. The Hall–Kier alpha value is -1.44. The first-order valence-electron chi connectivity index (χ1n) is 6.26. The molecule has 1 aromatic carbocycles. The van der Waals surface area contributed by atoms with Crippen molar-refractivity contribution >= 4 is 0 Å². The number of rotatable bonds is 2. The highest BCUT2D eigenvalue weighted by atomic mass is 19.1. The fraction of sp³-hybridized carbons (Fsp3) is 0.500. The van der Waals surface area contributed by atoms with Crippen LogP contribution in [0.25, 0.3) is 0 Å². The Morgan fingerprint density at radius 1 is 1.50 bits per heavy atom. The van der Waals surface area contributed by atoms with Crippen molar-refractivity contribution < 1.29 is 4.39 Å². The third kappa shape index (κ3) is 2.87. The number of hydrogen-bond donors (Lipinski definition) is 1. The van der Waals surface area contributed by atoms with Gasteiger partial charge in [-0.15, -0.1) is 0 Å². The van der Waals surface area contributed by atoms with Gasteiger partial charge in [-0.1, -0.05) is 6.07 Å². The van der Waals surface area contributed by atoms with Crippen LogP contribution in [0.1, 0.15) is 25.0 Å². The van der Waals surface area contributed by atoms with Crippen LogP contribution in [0.3, 0.4) is 0 Å². The molecule has 1 aromatic rings. The molecule has 1 fully saturated rings. The van der Waals surface area contributed by atoms with Gasteiger partial charge in [-0.2, -0.15) is 5.26 Å². The molecule has 1 saturated heterocycles. The van der Waals surface area contributed by atoms with Crippen molar-refractivity contribution in [2.24, 2.45) is 0 Å². The zero-order chi connectivity index (χ0) is 13.1. The number of hydrogen-bond acceptors (Lipinski definition) is 3. The molecule has 0 amide bonds. The minimum absolute atomic E-state index is 0.285. The third-order valence-electron chi connectivity index (χ3n) is 3.45. The topological polar surface area (TPSA) is 39.1 Å². The largest absolute Gasteiger partial charge is 0.311 e. The summed E-state index contributed by atoms with van der Waals surface area (Å²) in [5, 5.41) is 12.1. The first-order valence-corrected chi connectivity index (χ1v) is 6.26. The van der Waals surface area contributed by atoms with Gasteiger partial charge in [0.25, 0.3) is 0 Å². The lowest BCUT2D eigenvalue weighted by Gasteiger charge is -2.37. The molecule has 0 bridgehead atoms. The van der Waals surface area contributed by atoms with E-state index >= 15 is 0 Å². The second-order valence-electron chi connectivity index (χ2n) is 5.01. The van der Waals surface area contributed by atoms with Crippen molar-refractivity contribution in [1.29, 1.82) is 5.26 Å². The van der Waals surface area contributed by atoms with Gasteiger partial charge in [-0.25, -0.2) is 4.39 Å². The second kappa shape index (κ2) is 5.47. The van der Waals surface area contributed by atoms with Crippen LogP contribution in [-0.4, -0.2) is 30.1 Å². The Labute approximate surface area is 107 Å². The maximum absolute atomic E-state index is 13.8. The SMILES string of the molecule is CC1CN(Cc2ccc(C#N)cc2F)C(C)CN1. The van der Waals surface area contributed by atoms with Crippen LogP contribution in [0.2, 0.25) is 0 Å². The number of benzene rings is 1. The molecule has 1 aliphatic rings. The minimum atomic E-state index is -0.285. The van der Waals surface area contributed by atoms with Crippen molar-refractivity contribution in [3.63, 3.8) is 0 Å². The Morgan fingerprint density at radius 3 is 2.94 bits per heavy atom. The molecule has 2 atom stereocenters. The molecule has 2 unspecified atom stereocenters. The number of piperazine rings is 1. The molecule has 96 valence electrons. The summed E-state index contributed by atoms with van der Waals surface area (Å²) in [7, 11) is 0. The average molecular weight is 247 g/mol. The predicted octanol–water partition coefficient (Wildman–Crippen LogP) is 1.88. The van der Waals surface area contributed by atoms with E-state index in [0.29, 0.717) is 29.8 Å². The highest BCUT2D eigenvalue weighted by Gasteiger charge is 2.23. The van der Waals surface area contributed by atoms with Gasteiger partial charge in [0.2, 0.25) is 0 Å². The lowest BCUT2D eigenvalue weighted by Crippen LogP contribution is -2.53. The van der Waals surface area contributed by atoms with Crippen LogP contribution in [0.15, 0.2) is 18.2 Å². The van der Waals surface area contributed by atoms with Crippen LogP contribution in [-0.2, 0) is 6.54 Å². The van der Waals surface area contributed by atoms with Gasteiger partial charge in [0.1, 0.15) is 5.82 Å². The van der Waals surface area contributed by atoms with E-state index in [1.165, 1.54) is 6.07 Å². The average Bonchev–Trinajstić information content (AvgIpc) is 2.36. The normalized spacial score (nSPS) is 24.8. The van der Waals surface area contributed by atoms with E-state index in [4.69, 9.17) is 5.26 Å². The molecule has 18 heavy (non-hydrogen) atoms. The molecule has 4 heteroatoms. The number of nitrogens with zero attached hydrogens (tertiary/aromatic N) is 2. The molecule has 1 N–H and O–H groups in total. The summed E-state index contributed by atoms with van der Waals surface area (Å²) < 4.78 is 13.8. The van der Waals surface area contributed by atoms with Crippen molar-refractivity contribution in [2.75, 3.05) is 13.1 Å². The first kappa shape index (κ1) is 13.0. The van der Waals surface area contributed by atoms with E-state index in [-0.39, 0.29) is 5.82 Å². The summed E-state index contributed by atoms with van der Waals surface area (Å²) in [4.78, 5) is 2.27. The molecule has 0 aromatic heterocycles. The number of nitriles is 1. The van der Waals surface area contributed by atoms with E-state index in [1.807, 2.05) is 6.07 Å². The highest BCUT2D eigenvalue weighted by Crippen LogP contribution is 2.16. The van der Waals surface area contributed by atoms with E-state index < -0.39 is 0 Å². The molecule has 0 radical (unpaired) electrons. The smallest absolute Gasteiger partial charge is 0.129 e. The van der Waals surface area contributed by atoms with E-state index in [2.05, 4.69) is 24.1 Å². The molecular weight excluding hydrogens is 229 g/mol. The predicted molar refractivity (Wildman–Crippen MR) is 68.5 cm³/mol. The van der Waals surface area contributed by atoms with E-state index in [1.54, 1.807) is 12.1 Å². The maximum Gasteiger partial charge on any atom is 0.129 e. The van der Waals surface area contributed by atoms with Gasteiger partial charge in [-0.3, -0.25) is 4.90 Å². The summed E-state index contributed by atoms with van der Waals surface area (Å²) in [5.41, 5.74) is 1.04. The van der Waals surface area contributed by atoms with Crippen LogP contribution in [0.4, 0.5) is 4.39 Å². The highest BCUT2D eigenvalue weighted by molar-refractivity contribution is 5.32. The van der Waals surface area contributed by atoms with Crippen molar-refractivity contribution in [3.05, 3.63) is 35.1 Å². The third-order valence-corrected chi connectivity index (χ3v) is 3.45. The Bertz CT molecular complexity index is 467. The zero-order valence-corrected chi connectivity index (χ0v) is 10.8.